The summed E-state index contributed by atoms with van der Waals surface area (Å²) < 4.78 is 0. The largest absolute Gasteiger partial charge is 0.480 e. The molecular weight excluding hydrogens is 300 g/mol. The minimum absolute atomic E-state index is 0.00694. The molecule has 3 unspecified atom stereocenters. The fourth-order valence-corrected chi connectivity index (χ4v) is 2.86. The summed E-state index contributed by atoms with van der Waals surface area (Å²) in [7, 11) is 0. The predicted molar refractivity (Wildman–Crippen MR) is 81.8 cm³/mol. The smallest absolute Gasteiger partial charge is 0.326 e. The fraction of sp³-hybridized carbons (Fsp3) is 0.438. The quantitative estimate of drug-likeness (QED) is 0.707. The second kappa shape index (κ2) is 7.23. The van der Waals surface area contributed by atoms with Crippen LogP contribution in [0.5, 0.6) is 0 Å². The molecule has 0 aromatic heterocycles. The molecule has 1 saturated heterocycles. The Morgan fingerprint density at radius 2 is 1.87 bits per heavy atom. The Morgan fingerprint density at radius 1 is 1.22 bits per heavy atom. The van der Waals surface area contributed by atoms with Crippen LogP contribution in [0.15, 0.2) is 30.3 Å². The van der Waals surface area contributed by atoms with Crippen LogP contribution >= 0.6 is 0 Å². The topological polar surface area (TPSA) is 121 Å². The molecule has 124 valence electrons. The van der Waals surface area contributed by atoms with Gasteiger partial charge < -0.3 is 20.8 Å². The first-order valence-electron chi connectivity index (χ1n) is 7.45. The number of aliphatic carboxylic acids is 2. The number of rotatable bonds is 6. The number of nitrogens with two attached hydrogens (primary N) is 1. The van der Waals surface area contributed by atoms with Crippen LogP contribution in [0.3, 0.4) is 0 Å². The molecule has 1 aromatic carbocycles. The van der Waals surface area contributed by atoms with E-state index in [-0.39, 0.29) is 24.7 Å². The number of likely N-dealkylation sites (tertiary alicyclic amines) is 1. The molecular formula is C16H20N2O5. The van der Waals surface area contributed by atoms with Gasteiger partial charge in [0.2, 0.25) is 5.91 Å². The monoisotopic (exact) mass is 320 g/mol. The van der Waals surface area contributed by atoms with E-state index >= 15 is 0 Å². The van der Waals surface area contributed by atoms with Crippen molar-refractivity contribution in [2.45, 2.75) is 37.3 Å². The van der Waals surface area contributed by atoms with E-state index in [0.29, 0.717) is 13.0 Å². The van der Waals surface area contributed by atoms with Crippen LogP contribution < -0.4 is 5.73 Å². The molecule has 23 heavy (non-hydrogen) atoms. The predicted octanol–water partition coefficient (Wildman–Crippen LogP) is 0.648. The molecule has 1 heterocycles. The van der Waals surface area contributed by atoms with Crippen molar-refractivity contribution >= 4 is 17.8 Å². The summed E-state index contributed by atoms with van der Waals surface area (Å²) in [4.78, 5) is 35.7. The Balaban J connectivity index is 2.05. The first-order valence-corrected chi connectivity index (χ1v) is 7.45. The highest BCUT2D eigenvalue weighted by Crippen LogP contribution is 2.32. The second-order valence-electron chi connectivity index (χ2n) is 5.73. The lowest BCUT2D eigenvalue weighted by molar-refractivity contribution is -0.148. The first kappa shape index (κ1) is 17.0. The number of hydrogen-bond donors (Lipinski definition) is 3. The lowest BCUT2D eigenvalue weighted by atomic mass is 9.96. The minimum atomic E-state index is -1.17. The molecule has 0 saturated carbocycles. The van der Waals surface area contributed by atoms with Gasteiger partial charge in [0.25, 0.3) is 0 Å². The Morgan fingerprint density at radius 3 is 2.43 bits per heavy atom. The van der Waals surface area contributed by atoms with Crippen molar-refractivity contribution in [2.24, 2.45) is 5.73 Å². The van der Waals surface area contributed by atoms with E-state index < -0.39 is 24.0 Å². The molecule has 4 N–H and O–H groups in total. The maximum Gasteiger partial charge on any atom is 0.326 e. The van der Waals surface area contributed by atoms with Crippen molar-refractivity contribution in [2.75, 3.05) is 6.54 Å². The average molecular weight is 320 g/mol. The van der Waals surface area contributed by atoms with E-state index in [0.717, 1.165) is 5.56 Å². The fourth-order valence-electron chi connectivity index (χ4n) is 2.86. The molecule has 1 amide bonds. The molecule has 0 radical (unpaired) electrons. The molecule has 1 fully saturated rings. The van der Waals surface area contributed by atoms with Crippen LogP contribution in [0.4, 0.5) is 0 Å². The third-order valence-corrected chi connectivity index (χ3v) is 4.16. The van der Waals surface area contributed by atoms with Crippen LogP contribution in [0, 0.1) is 0 Å². The molecule has 7 heteroatoms. The van der Waals surface area contributed by atoms with Gasteiger partial charge in [0.15, 0.2) is 0 Å². The van der Waals surface area contributed by atoms with Crippen LogP contribution in [0.1, 0.15) is 30.7 Å². The highest BCUT2D eigenvalue weighted by atomic mass is 16.4. The molecule has 0 aliphatic carbocycles. The van der Waals surface area contributed by atoms with E-state index in [2.05, 4.69) is 0 Å². The van der Waals surface area contributed by atoms with Gasteiger partial charge in [0.1, 0.15) is 12.1 Å². The highest BCUT2D eigenvalue weighted by Gasteiger charge is 2.39. The third-order valence-electron chi connectivity index (χ3n) is 4.16. The van der Waals surface area contributed by atoms with Gasteiger partial charge in [-0.15, -0.1) is 0 Å². The van der Waals surface area contributed by atoms with Gasteiger partial charge in [0, 0.05) is 18.9 Å². The van der Waals surface area contributed by atoms with E-state index in [1.807, 2.05) is 30.3 Å². The summed E-state index contributed by atoms with van der Waals surface area (Å²) in [5.74, 6) is -2.61. The number of benzene rings is 1. The second-order valence-corrected chi connectivity index (χ2v) is 5.73. The molecule has 3 atom stereocenters. The molecule has 7 nitrogen and oxygen atoms in total. The Hall–Kier alpha value is -2.41. The zero-order valence-corrected chi connectivity index (χ0v) is 12.6. The average Bonchev–Trinajstić information content (AvgIpc) is 2.98. The van der Waals surface area contributed by atoms with Gasteiger partial charge in [-0.2, -0.15) is 0 Å². The number of carboxylic acid groups (broad SMARTS) is 2. The Bertz CT molecular complexity index is 589. The minimum Gasteiger partial charge on any atom is -0.480 e. The summed E-state index contributed by atoms with van der Waals surface area (Å²) in [6, 6.07) is 7.46. The van der Waals surface area contributed by atoms with Gasteiger partial charge in [-0.3, -0.25) is 9.59 Å². The number of amides is 1. The van der Waals surface area contributed by atoms with Crippen molar-refractivity contribution < 1.29 is 24.6 Å². The van der Waals surface area contributed by atoms with Crippen molar-refractivity contribution in [3.63, 3.8) is 0 Å². The van der Waals surface area contributed by atoms with Crippen LogP contribution in [0.25, 0.3) is 0 Å². The van der Waals surface area contributed by atoms with Crippen molar-refractivity contribution in [3.8, 4) is 0 Å². The summed E-state index contributed by atoms with van der Waals surface area (Å²) in [6.45, 7) is 0.322. The standard InChI is InChI=1S/C16H20N2O5/c17-12(15(20)21)6-7-14(19)18-9-11(8-13(18)16(22)23)10-4-2-1-3-5-10/h1-5,11-13H,6-9,17H2,(H,20,21)(H,22,23). The van der Waals surface area contributed by atoms with E-state index in [1.165, 1.54) is 4.90 Å². The lowest BCUT2D eigenvalue weighted by Gasteiger charge is -2.22. The van der Waals surface area contributed by atoms with Gasteiger partial charge in [-0.1, -0.05) is 30.3 Å². The van der Waals surface area contributed by atoms with E-state index in [4.69, 9.17) is 10.8 Å². The molecule has 1 aromatic rings. The van der Waals surface area contributed by atoms with Crippen LogP contribution in [-0.4, -0.2) is 51.6 Å². The summed E-state index contributed by atoms with van der Waals surface area (Å²) in [5.41, 5.74) is 6.39. The van der Waals surface area contributed by atoms with Crippen molar-refractivity contribution in [1.29, 1.82) is 0 Å². The normalized spacial score (nSPS) is 21.9. The van der Waals surface area contributed by atoms with Crippen LogP contribution in [0.2, 0.25) is 0 Å². The van der Waals surface area contributed by atoms with Gasteiger partial charge in [0.05, 0.1) is 0 Å². The van der Waals surface area contributed by atoms with E-state index in [9.17, 15) is 19.5 Å². The number of hydrogen-bond acceptors (Lipinski definition) is 4. The maximum absolute atomic E-state index is 12.3. The summed E-state index contributed by atoms with van der Waals surface area (Å²) in [6.07, 6.45) is 0.280. The molecule has 1 aliphatic heterocycles. The number of carbonyl (C=O) groups is 3. The zero-order valence-electron chi connectivity index (χ0n) is 12.6. The molecule has 0 spiro atoms. The molecule has 0 bridgehead atoms. The van der Waals surface area contributed by atoms with E-state index in [1.54, 1.807) is 0 Å². The number of nitrogens with zero attached hydrogens (tertiary/aromatic N) is 1. The van der Waals surface area contributed by atoms with Gasteiger partial charge >= 0.3 is 11.9 Å². The number of carbonyl (C=O) groups excluding carboxylic acids is 1. The summed E-state index contributed by atoms with van der Waals surface area (Å²) >= 11 is 0. The molecule has 2 rings (SSSR count). The maximum atomic E-state index is 12.3. The van der Waals surface area contributed by atoms with Crippen LogP contribution in [-0.2, 0) is 14.4 Å². The SMILES string of the molecule is NC(CCC(=O)N1CC(c2ccccc2)CC1C(=O)O)C(=O)O. The van der Waals surface area contributed by atoms with Crippen molar-refractivity contribution in [3.05, 3.63) is 35.9 Å². The lowest BCUT2D eigenvalue weighted by Crippen LogP contribution is -2.41. The van der Waals surface area contributed by atoms with Crippen molar-refractivity contribution in [1.82, 2.24) is 4.90 Å². The van der Waals surface area contributed by atoms with Gasteiger partial charge in [-0.05, 0) is 18.4 Å². The summed E-state index contributed by atoms with van der Waals surface area (Å²) in [5, 5.41) is 18.1. The Labute approximate surface area is 133 Å². The Kier molecular flexibility index (Phi) is 5.33. The van der Waals surface area contributed by atoms with Gasteiger partial charge in [-0.25, -0.2) is 4.79 Å². The first-order chi connectivity index (χ1) is 10.9. The highest BCUT2D eigenvalue weighted by molar-refractivity contribution is 5.85. The molecule has 1 aliphatic rings. The zero-order chi connectivity index (χ0) is 17.0. The number of carboxylic acids is 2. The third kappa shape index (κ3) is 4.07.